The van der Waals surface area contributed by atoms with Gasteiger partial charge in [0.15, 0.2) is 0 Å². The molecule has 1 aliphatic rings. The van der Waals surface area contributed by atoms with Crippen LogP contribution in [0.15, 0.2) is 77.6 Å². The van der Waals surface area contributed by atoms with Crippen molar-refractivity contribution in [3.8, 4) is 11.4 Å². The van der Waals surface area contributed by atoms with E-state index in [1.54, 1.807) is 43.3 Å². The van der Waals surface area contributed by atoms with E-state index in [2.05, 4.69) is 0 Å². The second kappa shape index (κ2) is 7.25. The number of rotatable bonds is 3. The molecule has 152 valence electrons. The highest BCUT2D eigenvalue weighted by molar-refractivity contribution is 6.35. The van der Waals surface area contributed by atoms with Crippen molar-refractivity contribution >= 4 is 34.1 Å². The summed E-state index contributed by atoms with van der Waals surface area (Å²) in [6.45, 7) is 0. The van der Waals surface area contributed by atoms with Gasteiger partial charge in [0.25, 0.3) is 11.5 Å². The molecular weight excluding hydrogens is 390 g/mol. The smallest absolute Gasteiger partial charge is 0.266 e. The van der Waals surface area contributed by atoms with Gasteiger partial charge in [0.05, 0.1) is 35.0 Å². The summed E-state index contributed by atoms with van der Waals surface area (Å²) in [6.07, 6.45) is 1.69. The molecule has 0 unspecified atom stereocenters. The third kappa shape index (κ3) is 3.00. The van der Waals surface area contributed by atoms with Gasteiger partial charge in [-0.15, -0.1) is 0 Å². The van der Waals surface area contributed by atoms with Crippen molar-refractivity contribution < 1.29 is 9.53 Å². The zero-order valence-electron chi connectivity index (χ0n) is 17.1. The number of carbonyl (C=O) groups excluding carboxylic acids is 1. The van der Waals surface area contributed by atoms with Crippen LogP contribution in [0.2, 0.25) is 0 Å². The molecule has 0 saturated heterocycles. The van der Waals surface area contributed by atoms with Gasteiger partial charge >= 0.3 is 0 Å². The van der Waals surface area contributed by atoms with Gasteiger partial charge < -0.3 is 9.64 Å². The third-order valence-corrected chi connectivity index (χ3v) is 5.48. The number of ether oxygens (including phenoxy) is 1. The van der Waals surface area contributed by atoms with E-state index in [4.69, 9.17) is 9.72 Å². The maximum atomic E-state index is 13.5. The molecule has 0 radical (unpaired) electrons. The zero-order valence-corrected chi connectivity index (χ0v) is 17.1. The van der Waals surface area contributed by atoms with Crippen LogP contribution >= 0.6 is 0 Å². The third-order valence-electron chi connectivity index (χ3n) is 5.48. The highest BCUT2D eigenvalue weighted by Crippen LogP contribution is 2.36. The number of anilines is 1. The van der Waals surface area contributed by atoms with Crippen LogP contribution in [0.3, 0.4) is 0 Å². The van der Waals surface area contributed by atoms with E-state index < -0.39 is 0 Å². The van der Waals surface area contributed by atoms with E-state index in [9.17, 15) is 9.59 Å². The van der Waals surface area contributed by atoms with Crippen LogP contribution in [-0.2, 0) is 4.79 Å². The minimum atomic E-state index is -0.210. The average Bonchev–Trinajstić information content (AvgIpc) is 3.04. The Hall–Kier alpha value is -4.19. The van der Waals surface area contributed by atoms with E-state index in [0.29, 0.717) is 33.7 Å². The van der Waals surface area contributed by atoms with E-state index in [-0.39, 0.29) is 11.5 Å². The largest absolute Gasteiger partial charge is 0.497 e. The van der Waals surface area contributed by atoms with Crippen molar-refractivity contribution in [3.05, 3.63) is 94.5 Å². The number of carbonyl (C=O) groups is 1. The Morgan fingerprint density at radius 2 is 1.71 bits per heavy atom. The molecule has 0 aliphatic carbocycles. The minimum Gasteiger partial charge on any atom is -0.497 e. The van der Waals surface area contributed by atoms with Crippen molar-refractivity contribution in [2.24, 2.45) is 0 Å². The molecule has 1 amide bonds. The van der Waals surface area contributed by atoms with Gasteiger partial charge in [-0.05, 0) is 36.4 Å². The fourth-order valence-electron chi connectivity index (χ4n) is 3.91. The van der Waals surface area contributed by atoms with Crippen LogP contribution in [0, 0.1) is 0 Å². The van der Waals surface area contributed by atoms with Crippen LogP contribution in [0.5, 0.6) is 5.75 Å². The first-order valence-electron chi connectivity index (χ1n) is 9.84. The Morgan fingerprint density at radius 1 is 0.935 bits per heavy atom. The number of hydrogen-bond acceptors (Lipinski definition) is 4. The summed E-state index contributed by atoms with van der Waals surface area (Å²) in [5.41, 5.74) is 3.12. The average molecular weight is 409 g/mol. The van der Waals surface area contributed by atoms with E-state index in [0.717, 1.165) is 11.3 Å². The molecule has 2 heterocycles. The van der Waals surface area contributed by atoms with Crippen LogP contribution in [0.25, 0.3) is 28.2 Å². The fourth-order valence-corrected chi connectivity index (χ4v) is 3.91. The van der Waals surface area contributed by atoms with Crippen molar-refractivity contribution in [1.82, 2.24) is 9.55 Å². The molecule has 4 aromatic rings. The Morgan fingerprint density at radius 3 is 2.55 bits per heavy atom. The van der Waals surface area contributed by atoms with Gasteiger partial charge in [0.2, 0.25) is 0 Å². The summed E-state index contributed by atoms with van der Waals surface area (Å²) in [5, 5.41) is 0.503. The number of para-hydroxylation sites is 2. The van der Waals surface area contributed by atoms with Crippen LogP contribution in [0.4, 0.5) is 5.69 Å². The topological polar surface area (TPSA) is 64.4 Å². The maximum absolute atomic E-state index is 13.5. The lowest BCUT2D eigenvalue weighted by Gasteiger charge is -2.13. The highest BCUT2D eigenvalue weighted by atomic mass is 16.5. The van der Waals surface area contributed by atoms with Gasteiger partial charge in [0.1, 0.15) is 11.6 Å². The van der Waals surface area contributed by atoms with E-state index in [1.165, 1.54) is 4.57 Å². The first kappa shape index (κ1) is 18.8. The quantitative estimate of drug-likeness (QED) is 0.481. The van der Waals surface area contributed by atoms with Crippen molar-refractivity contribution in [1.29, 1.82) is 0 Å². The van der Waals surface area contributed by atoms with Crippen LogP contribution in [-0.4, -0.2) is 29.6 Å². The number of methoxy groups -OCH3 is 1. The molecule has 3 aromatic carbocycles. The number of fused-ring (bicyclic) bond motifs is 2. The predicted molar refractivity (Wildman–Crippen MR) is 122 cm³/mol. The second-order valence-electron chi connectivity index (χ2n) is 7.27. The lowest BCUT2D eigenvalue weighted by molar-refractivity contribution is -0.112. The molecule has 31 heavy (non-hydrogen) atoms. The SMILES string of the molecule is COc1cccc(-n2c(C=C3C(=O)N(C)c4ccccc43)nc3ccccc3c2=O)c1. The molecule has 0 saturated carbocycles. The zero-order chi connectivity index (χ0) is 21.5. The molecular formula is C25H19N3O3. The number of hydrogen-bond donors (Lipinski definition) is 0. The molecule has 1 aliphatic heterocycles. The minimum absolute atomic E-state index is 0.138. The summed E-state index contributed by atoms with van der Waals surface area (Å²) in [5.74, 6) is 0.865. The summed E-state index contributed by atoms with van der Waals surface area (Å²) in [6, 6.07) is 22.0. The number of nitrogens with zero attached hydrogens (tertiary/aromatic N) is 3. The van der Waals surface area contributed by atoms with Gasteiger partial charge in [0, 0.05) is 18.7 Å². The first-order chi connectivity index (χ1) is 15.1. The lowest BCUT2D eigenvalue weighted by Crippen LogP contribution is -2.23. The molecule has 0 bridgehead atoms. The standard InChI is InChI=1S/C25H19N3O3/c1-27-22-13-6-4-10-18(22)20(24(27)29)15-23-26-21-12-5-3-11-19(21)25(30)28(23)16-8-7-9-17(14-16)31-2/h3-15H,1-2H3. The van der Waals surface area contributed by atoms with Crippen molar-refractivity contribution in [2.75, 3.05) is 19.1 Å². The second-order valence-corrected chi connectivity index (χ2v) is 7.27. The Bertz CT molecular complexity index is 1440. The van der Waals surface area contributed by atoms with Crippen LogP contribution in [0.1, 0.15) is 11.4 Å². The van der Waals surface area contributed by atoms with E-state index >= 15 is 0 Å². The normalized spacial score (nSPS) is 14.3. The Labute approximate surface area is 178 Å². The summed E-state index contributed by atoms with van der Waals surface area (Å²) < 4.78 is 6.86. The van der Waals surface area contributed by atoms with E-state index in [1.807, 2.05) is 54.6 Å². The van der Waals surface area contributed by atoms with Gasteiger partial charge in [-0.25, -0.2) is 4.98 Å². The Kier molecular flexibility index (Phi) is 4.40. The summed E-state index contributed by atoms with van der Waals surface area (Å²) >= 11 is 0. The number of aromatic nitrogens is 2. The van der Waals surface area contributed by atoms with Crippen molar-refractivity contribution in [2.45, 2.75) is 0 Å². The fraction of sp³-hybridized carbons (Fsp3) is 0.0800. The lowest BCUT2D eigenvalue weighted by atomic mass is 10.1. The van der Waals surface area contributed by atoms with Gasteiger partial charge in [-0.3, -0.25) is 14.2 Å². The number of amides is 1. The highest BCUT2D eigenvalue weighted by Gasteiger charge is 2.29. The van der Waals surface area contributed by atoms with Gasteiger partial charge in [-0.2, -0.15) is 0 Å². The first-order valence-corrected chi connectivity index (χ1v) is 9.84. The molecule has 6 nitrogen and oxygen atoms in total. The summed E-state index contributed by atoms with van der Waals surface area (Å²) in [4.78, 5) is 32.8. The molecule has 0 N–H and O–H groups in total. The molecule has 5 rings (SSSR count). The maximum Gasteiger partial charge on any atom is 0.266 e. The Balaban J connectivity index is 1.82. The van der Waals surface area contributed by atoms with Crippen LogP contribution < -0.4 is 15.2 Å². The monoisotopic (exact) mass is 409 g/mol. The summed E-state index contributed by atoms with van der Waals surface area (Å²) in [7, 11) is 3.32. The molecule has 0 atom stereocenters. The van der Waals surface area contributed by atoms with Crippen molar-refractivity contribution in [3.63, 3.8) is 0 Å². The molecule has 0 spiro atoms. The number of benzene rings is 3. The molecule has 0 fully saturated rings. The van der Waals surface area contributed by atoms with Gasteiger partial charge in [-0.1, -0.05) is 36.4 Å². The molecule has 6 heteroatoms. The predicted octanol–water partition coefficient (Wildman–Crippen LogP) is 3.91. The molecule has 1 aromatic heterocycles. The number of likely N-dealkylation sites (N-methyl/N-ethyl adjacent to an activating group) is 1.